The molecule has 1 aromatic heterocycles. The van der Waals surface area contributed by atoms with Gasteiger partial charge < -0.3 is 19.9 Å². The topological polar surface area (TPSA) is 81.1 Å². The van der Waals surface area contributed by atoms with Crippen LogP contribution in [-0.2, 0) is 7.05 Å². The number of benzene rings is 1. The maximum absolute atomic E-state index is 12.3. The minimum Gasteiger partial charge on any atom is -0.491 e. The minimum absolute atomic E-state index is 0.0723. The van der Waals surface area contributed by atoms with Gasteiger partial charge in [-0.25, -0.2) is 4.79 Å². The normalized spacial score (nSPS) is 13.4. The van der Waals surface area contributed by atoms with Crippen molar-refractivity contribution in [3.8, 4) is 5.75 Å². The molecule has 2 amide bonds. The number of hydrogen-bond donors (Lipinski definition) is 2. The zero-order valence-corrected chi connectivity index (χ0v) is 14.8. The number of nitrogens with zero attached hydrogens (tertiary/aromatic N) is 3. The van der Waals surface area contributed by atoms with Crippen LogP contribution in [0.25, 0.3) is 0 Å². The molecule has 130 valence electrons. The number of aromatic nitrogens is 3. The summed E-state index contributed by atoms with van der Waals surface area (Å²) in [4.78, 5) is 12.3. The highest BCUT2D eigenvalue weighted by molar-refractivity contribution is 5.75. The molecule has 1 heterocycles. The van der Waals surface area contributed by atoms with Crippen LogP contribution < -0.4 is 15.4 Å². The summed E-state index contributed by atoms with van der Waals surface area (Å²) in [6, 6.07) is 7.02. The molecule has 7 nitrogen and oxygen atoms in total. The Kier molecular flexibility index (Phi) is 5.78. The lowest BCUT2D eigenvalue weighted by Crippen LogP contribution is -2.39. The molecule has 0 aliphatic heterocycles. The number of rotatable bonds is 6. The molecular formula is C17H25N5O2. The van der Waals surface area contributed by atoms with Gasteiger partial charge in [-0.05, 0) is 33.8 Å². The molecule has 24 heavy (non-hydrogen) atoms. The van der Waals surface area contributed by atoms with E-state index >= 15 is 0 Å². The summed E-state index contributed by atoms with van der Waals surface area (Å²) >= 11 is 0. The molecule has 0 fully saturated rings. The monoisotopic (exact) mass is 331 g/mol. The van der Waals surface area contributed by atoms with Crippen molar-refractivity contribution in [2.75, 3.05) is 0 Å². The number of amides is 2. The predicted molar refractivity (Wildman–Crippen MR) is 91.7 cm³/mol. The van der Waals surface area contributed by atoms with E-state index in [1.54, 1.807) is 10.9 Å². The van der Waals surface area contributed by atoms with Crippen molar-refractivity contribution in [2.24, 2.45) is 7.05 Å². The standard InChI is InChI=1S/C17H25N5O2/c1-11(2)24-15-9-7-6-8-14(15)12(3)19-17(23)20-13(4)16-21-18-10-22(16)5/h6-13H,1-5H3,(H2,19,20,23)/t12-,13-/m0/s1. The highest BCUT2D eigenvalue weighted by atomic mass is 16.5. The van der Waals surface area contributed by atoms with Crippen LogP contribution in [0.4, 0.5) is 4.79 Å². The first-order valence-corrected chi connectivity index (χ1v) is 8.05. The first-order chi connectivity index (χ1) is 11.4. The van der Waals surface area contributed by atoms with Gasteiger partial charge >= 0.3 is 6.03 Å². The lowest BCUT2D eigenvalue weighted by atomic mass is 10.1. The molecule has 0 aliphatic rings. The lowest BCUT2D eigenvalue weighted by Gasteiger charge is -2.21. The van der Waals surface area contributed by atoms with E-state index in [9.17, 15) is 4.79 Å². The summed E-state index contributed by atoms with van der Waals surface area (Å²) in [5.74, 6) is 1.47. The third-order valence-electron chi connectivity index (χ3n) is 3.58. The van der Waals surface area contributed by atoms with E-state index in [4.69, 9.17) is 4.74 Å². The summed E-state index contributed by atoms with van der Waals surface area (Å²) < 4.78 is 7.59. The largest absolute Gasteiger partial charge is 0.491 e. The van der Waals surface area contributed by atoms with Gasteiger partial charge in [-0.2, -0.15) is 0 Å². The van der Waals surface area contributed by atoms with E-state index in [0.717, 1.165) is 11.3 Å². The van der Waals surface area contributed by atoms with Crippen LogP contribution in [0.3, 0.4) is 0 Å². The molecule has 2 aromatic rings. The van der Waals surface area contributed by atoms with Gasteiger partial charge in [0.15, 0.2) is 5.82 Å². The van der Waals surface area contributed by atoms with Gasteiger partial charge in [0, 0.05) is 12.6 Å². The number of carbonyl (C=O) groups excluding carboxylic acids is 1. The minimum atomic E-state index is -0.266. The van der Waals surface area contributed by atoms with Gasteiger partial charge in [-0.3, -0.25) is 0 Å². The molecule has 0 aliphatic carbocycles. The number of para-hydroxylation sites is 1. The molecular weight excluding hydrogens is 306 g/mol. The fraction of sp³-hybridized carbons (Fsp3) is 0.471. The van der Waals surface area contributed by atoms with Crippen LogP contribution in [0, 0.1) is 0 Å². The van der Waals surface area contributed by atoms with Crippen LogP contribution in [0.15, 0.2) is 30.6 Å². The Bertz CT molecular complexity index is 683. The first kappa shape index (κ1) is 17.8. The summed E-state index contributed by atoms with van der Waals surface area (Å²) in [5.41, 5.74) is 0.938. The second kappa shape index (κ2) is 7.81. The Morgan fingerprint density at radius 2 is 1.79 bits per heavy atom. The fourth-order valence-corrected chi connectivity index (χ4v) is 2.46. The Morgan fingerprint density at radius 1 is 1.12 bits per heavy atom. The molecule has 0 saturated carbocycles. The smallest absolute Gasteiger partial charge is 0.315 e. The van der Waals surface area contributed by atoms with Crippen LogP contribution in [-0.4, -0.2) is 26.9 Å². The van der Waals surface area contributed by atoms with Crippen LogP contribution in [0.2, 0.25) is 0 Å². The van der Waals surface area contributed by atoms with Gasteiger partial charge in [-0.15, -0.1) is 10.2 Å². The average Bonchev–Trinajstić information content (AvgIpc) is 2.93. The van der Waals surface area contributed by atoms with Crippen LogP contribution in [0.1, 0.15) is 51.2 Å². The summed E-state index contributed by atoms with van der Waals surface area (Å²) in [6.07, 6.45) is 1.68. The Morgan fingerprint density at radius 3 is 2.42 bits per heavy atom. The van der Waals surface area contributed by atoms with Crippen molar-refractivity contribution in [3.63, 3.8) is 0 Å². The van der Waals surface area contributed by atoms with Crippen molar-refractivity contribution in [3.05, 3.63) is 42.0 Å². The second-order valence-electron chi connectivity index (χ2n) is 6.07. The van der Waals surface area contributed by atoms with E-state index in [0.29, 0.717) is 5.82 Å². The average molecular weight is 331 g/mol. The maximum atomic E-state index is 12.3. The fourth-order valence-electron chi connectivity index (χ4n) is 2.46. The maximum Gasteiger partial charge on any atom is 0.315 e. The molecule has 1 aromatic carbocycles. The van der Waals surface area contributed by atoms with Crippen LogP contribution in [0.5, 0.6) is 5.75 Å². The van der Waals surface area contributed by atoms with Crippen molar-refractivity contribution in [1.29, 1.82) is 0 Å². The zero-order valence-electron chi connectivity index (χ0n) is 14.8. The quantitative estimate of drug-likeness (QED) is 0.853. The SMILES string of the molecule is CC(C)Oc1ccccc1[C@H](C)NC(=O)N[C@@H](C)c1nncn1C. The lowest BCUT2D eigenvalue weighted by molar-refractivity contribution is 0.230. The number of nitrogens with one attached hydrogen (secondary N) is 2. The molecule has 7 heteroatoms. The summed E-state index contributed by atoms with van der Waals surface area (Å²) in [6.45, 7) is 7.74. The molecule has 2 N–H and O–H groups in total. The second-order valence-corrected chi connectivity index (χ2v) is 6.07. The molecule has 0 radical (unpaired) electrons. The van der Waals surface area contributed by atoms with Crippen molar-refractivity contribution >= 4 is 6.03 Å². The predicted octanol–water partition coefficient (Wildman–Crippen LogP) is 2.72. The number of ether oxygens (including phenoxy) is 1. The Labute approximate surface area is 142 Å². The van der Waals surface area contributed by atoms with Gasteiger partial charge in [0.2, 0.25) is 0 Å². The van der Waals surface area contributed by atoms with Gasteiger partial charge in [-0.1, -0.05) is 18.2 Å². The molecule has 0 unspecified atom stereocenters. The highest BCUT2D eigenvalue weighted by Crippen LogP contribution is 2.25. The van der Waals surface area contributed by atoms with Crippen molar-refractivity contribution < 1.29 is 9.53 Å². The summed E-state index contributed by atoms with van der Waals surface area (Å²) in [7, 11) is 1.84. The molecule has 2 atom stereocenters. The Balaban J connectivity index is 2.00. The van der Waals surface area contributed by atoms with Crippen molar-refractivity contribution in [2.45, 2.75) is 45.9 Å². The van der Waals surface area contributed by atoms with Gasteiger partial charge in [0.25, 0.3) is 0 Å². The van der Waals surface area contributed by atoms with E-state index in [-0.39, 0.29) is 24.2 Å². The molecule has 0 bridgehead atoms. The highest BCUT2D eigenvalue weighted by Gasteiger charge is 2.18. The van der Waals surface area contributed by atoms with Gasteiger partial charge in [0.1, 0.15) is 12.1 Å². The molecule has 2 rings (SSSR count). The Hall–Kier alpha value is -2.57. The zero-order chi connectivity index (χ0) is 17.7. The van der Waals surface area contributed by atoms with Gasteiger partial charge in [0.05, 0.1) is 18.2 Å². The molecule has 0 spiro atoms. The third-order valence-corrected chi connectivity index (χ3v) is 3.58. The third kappa shape index (κ3) is 4.47. The van der Waals surface area contributed by atoms with E-state index < -0.39 is 0 Å². The first-order valence-electron chi connectivity index (χ1n) is 8.05. The molecule has 0 saturated heterocycles. The number of hydrogen-bond acceptors (Lipinski definition) is 4. The van der Waals surface area contributed by atoms with Crippen LogP contribution >= 0.6 is 0 Å². The van der Waals surface area contributed by atoms with E-state index in [2.05, 4.69) is 20.8 Å². The number of urea groups is 1. The van der Waals surface area contributed by atoms with Crippen molar-refractivity contribution in [1.82, 2.24) is 25.4 Å². The number of carbonyl (C=O) groups is 1. The van der Waals surface area contributed by atoms with E-state index in [1.165, 1.54) is 0 Å². The van der Waals surface area contributed by atoms with E-state index in [1.807, 2.05) is 59.0 Å². The summed E-state index contributed by atoms with van der Waals surface area (Å²) in [5, 5.41) is 13.6. The number of aryl methyl sites for hydroxylation is 1.